The second kappa shape index (κ2) is 7.14. The molecule has 1 aliphatic rings. The topological polar surface area (TPSA) is 56.4 Å². The van der Waals surface area contributed by atoms with Crippen molar-refractivity contribution in [3.05, 3.63) is 69.6 Å². The molecule has 2 heterocycles. The van der Waals surface area contributed by atoms with Crippen LogP contribution < -0.4 is 5.56 Å². The number of pyridine rings is 1. The number of amides is 1. The van der Waals surface area contributed by atoms with E-state index in [4.69, 9.17) is 0 Å². The number of H-pyrrole nitrogens is 1. The first-order valence-corrected chi connectivity index (χ1v) is 8.13. The van der Waals surface area contributed by atoms with Crippen LogP contribution in [-0.2, 0) is 0 Å². The summed E-state index contributed by atoms with van der Waals surface area (Å²) in [5.41, 5.74) is 0.491. The van der Waals surface area contributed by atoms with E-state index in [0.717, 1.165) is 12.1 Å². The number of carbonyl (C=O) groups excluding carboxylic acids is 1. The van der Waals surface area contributed by atoms with Crippen molar-refractivity contribution in [3.63, 3.8) is 0 Å². The highest BCUT2D eigenvalue weighted by Gasteiger charge is 2.26. The van der Waals surface area contributed by atoms with E-state index in [1.165, 1.54) is 24.4 Å². The lowest BCUT2D eigenvalue weighted by atomic mass is 10.0. The molecule has 0 bridgehead atoms. The van der Waals surface area contributed by atoms with Gasteiger partial charge in [-0.2, -0.15) is 0 Å². The quantitative estimate of drug-likeness (QED) is 0.926. The van der Waals surface area contributed by atoms with Crippen LogP contribution in [-0.4, -0.2) is 46.9 Å². The number of carbonyl (C=O) groups is 1. The van der Waals surface area contributed by atoms with Crippen molar-refractivity contribution in [3.8, 4) is 0 Å². The monoisotopic (exact) mass is 347 g/mol. The van der Waals surface area contributed by atoms with Gasteiger partial charge in [0.05, 0.1) is 5.56 Å². The van der Waals surface area contributed by atoms with Crippen LogP contribution in [0.5, 0.6) is 0 Å². The highest BCUT2D eigenvalue weighted by molar-refractivity contribution is 5.93. The number of aromatic amines is 1. The average Bonchev–Trinajstić information content (AvgIpc) is 2.63. The summed E-state index contributed by atoms with van der Waals surface area (Å²) in [5.74, 6) is -1.05. The Morgan fingerprint density at radius 3 is 2.48 bits per heavy atom. The van der Waals surface area contributed by atoms with Gasteiger partial charge in [0, 0.05) is 50.0 Å². The van der Waals surface area contributed by atoms with E-state index >= 15 is 0 Å². The Morgan fingerprint density at radius 1 is 1.12 bits per heavy atom. The second-order valence-electron chi connectivity index (χ2n) is 6.11. The minimum Gasteiger partial charge on any atom is -0.336 e. The third-order valence-corrected chi connectivity index (χ3v) is 4.59. The largest absolute Gasteiger partial charge is 0.336 e. The van der Waals surface area contributed by atoms with E-state index in [1.54, 1.807) is 4.90 Å². The van der Waals surface area contributed by atoms with Gasteiger partial charge in [-0.3, -0.25) is 14.5 Å². The molecule has 0 aliphatic carbocycles. The van der Waals surface area contributed by atoms with E-state index in [1.807, 2.05) is 11.8 Å². The standard InChI is InChI=1S/C18H19F2N3O2/c1-12(15-10-14(19)3-4-16(15)20)22-6-8-23(9-7-22)18(25)13-2-5-17(24)21-11-13/h2-5,10-12H,6-9H2,1H3,(H,21,24)/t12-/m1/s1. The Balaban J connectivity index is 1.65. The molecule has 1 N–H and O–H groups in total. The first kappa shape index (κ1) is 17.3. The zero-order valence-corrected chi connectivity index (χ0v) is 13.8. The van der Waals surface area contributed by atoms with Crippen LogP contribution in [0.1, 0.15) is 28.9 Å². The van der Waals surface area contributed by atoms with Crippen LogP contribution in [0.3, 0.4) is 0 Å². The van der Waals surface area contributed by atoms with Gasteiger partial charge >= 0.3 is 0 Å². The maximum absolute atomic E-state index is 13.9. The van der Waals surface area contributed by atoms with Crippen molar-refractivity contribution in [2.45, 2.75) is 13.0 Å². The number of hydrogen-bond acceptors (Lipinski definition) is 3. The molecule has 1 saturated heterocycles. The molecule has 0 unspecified atom stereocenters. The van der Waals surface area contributed by atoms with Gasteiger partial charge in [0.25, 0.3) is 5.91 Å². The Labute approximate surface area is 143 Å². The lowest BCUT2D eigenvalue weighted by Gasteiger charge is -2.38. The molecule has 132 valence electrons. The van der Waals surface area contributed by atoms with Crippen molar-refractivity contribution < 1.29 is 13.6 Å². The summed E-state index contributed by atoms with van der Waals surface area (Å²) in [7, 11) is 0. The Bertz CT molecular complexity index is 809. The van der Waals surface area contributed by atoms with Crippen molar-refractivity contribution in [2.24, 2.45) is 0 Å². The van der Waals surface area contributed by atoms with Gasteiger partial charge in [0.15, 0.2) is 0 Å². The van der Waals surface area contributed by atoms with Crippen LogP contribution in [0.15, 0.2) is 41.3 Å². The molecule has 1 amide bonds. The lowest BCUT2D eigenvalue weighted by Crippen LogP contribution is -2.49. The fourth-order valence-corrected chi connectivity index (χ4v) is 3.07. The minimum absolute atomic E-state index is 0.152. The molecule has 0 saturated carbocycles. The summed E-state index contributed by atoms with van der Waals surface area (Å²) in [6.45, 7) is 3.92. The van der Waals surface area contributed by atoms with Gasteiger partial charge in [-0.05, 0) is 31.2 Å². The first-order valence-electron chi connectivity index (χ1n) is 8.13. The van der Waals surface area contributed by atoms with Crippen LogP contribution in [0.4, 0.5) is 8.78 Å². The van der Waals surface area contributed by atoms with Gasteiger partial charge in [0.1, 0.15) is 11.6 Å². The van der Waals surface area contributed by atoms with E-state index in [9.17, 15) is 18.4 Å². The molecule has 1 aromatic heterocycles. The Morgan fingerprint density at radius 2 is 1.84 bits per heavy atom. The zero-order chi connectivity index (χ0) is 18.0. The van der Waals surface area contributed by atoms with Crippen molar-refractivity contribution in [2.75, 3.05) is 26.2 Å². The van der Waals surface area contributed by atoms with Gasteiger partial charge in [-0.15, -0.1) is 0 Å². The van der Waals surface area contributed by atoms with E-state index < -0.39 is 11.6 Å². The summed E-state index contributed by atoms with van der Waals surface area (Å²) in [4.78, 5) is 29.7. The molecule has 1 aliphatic heterocycles. The molecular weight excluding hydrogens is 328 g/mol. The third kappa shape index (κ3) is 3.76. The number of piperazine rings is 1. The molecule has 2 aromatic rings. The highest BCUT2D eigenvalue weighted by Crippen LogP contribution is 2.25. The second-order valence-corrected chi connectivity index (χ2v) is 6.11. The van der Waals surface area contributed by atoms with E-state index in [-0.39, 0.29) is 17.5 Å². The summed E-state index contributed by atoms with van der Waals surface area (Å²) >= 11 is 0. The average molecular weight is 347 g/mol. The molecular formula is C18H19F2N3O2. The number of nitrogens with one attached hydrogen (secondary N) is 1. The third-order valence-electron chi connectivity index (χ3n) is 4.59. The molecule has 25 heavy (non-hydrogen) atoms. The fourth-order valence-electron chi connectivity index (χ4n) is 3.07. The number of halogens is 2. The van der Waals surface area contributed by atoms with Crippen molar-refractivity contribution in [1.29, 1.82) is 0 Å². The van der Waals surface area contributed by atoms with E-state index in [2.05, 4.69) is 4.98 Å². The zero-order valence-electron chi connectivity index (χ0n) is 13.8. The van der Waals surface area contributed by atoms with Gasteiger partial charge in [-0.1, -0.05) is 0 Å². The summed E-state index contributed by atoms with van der Waals surface area (Å²) in [5, 5.41) is 0. The smallest absolute Gasteiger partial charge is 0.255 e. The summed E-state index contributed by atoms with van der Waals surface area (Å²) in [6, 6.07) is 6.00. The molecule has 5 nitrogen and oxygen atoms in total. The molecule has 1 aromatic carbocycles. The number of aromatic nitrogens is 1. The Kier molecular flexibility index (Phi) is 4.94. The summed E-state index contributed by atoms with van der Waals surface area (Å²) in [6.07, 6.45) is 1.40. The molecule has 1 atom stereocenters. The molecule has 7 heteroatoms. The SMILES string of the molecule is C[C@H](c1cc(F)ccc1F)N1CCN(C(=O)c2ccc(=O)[nH]c2)CC1. The summed E-state index contributed by atoms with van der Waals surface area (Å²) < 4.78 is 27.3. The normalized spacial score (nSPS) is 16.7. The fraction of sp³-hybridized carbons (Fsp3) is 0.333. The maximum atomic E-state index is 13.9. The predicted octanol–water partition coefficient (Wildman–Crippen LogP) is 2.17. The highest BCUT2D eigenvalue weighted by atomic mass is 19.1. The number of nitrogens with zero attached hydrogens (tertiary/aromatic N) is 2. The van der Waals surface area contributed by atoms with Crippen molar-refractivity contribution in [1.82, 2.24) is 14.8 Å². The maximum Gasteiger partial charge on any atom is 0.255 e. The number of rotatable bonds is 3. The molecule has 0 spiro atoms. The van der Waals surface area contributed by atoms with Gasteiger partial charge in [0.2, 0.25) is 5.56 Å². The number of hydrogen-bond donors (Lipinski definition) is 1. The minimum atomic E-state index is -0.463. The lowest BCUT2D eigenvalue weighted by molar-refractivity contribution is 0.0578. The van der Waals surface area contributed by atoms with Gasteiger partial charge in [-0.25, -0.2) is 8.78 Å². The van der Waals surface area contributed by atoms with E-state index in [0.29, 0.717) is 37.3 Å². The molecule has 3 rings (SSSR count). The van der Waals surface area contributed by atoms with Crippen LogP contribution in [0.25, 0.3) is 0 Å². The van der Waals surface area contributed by atoms with Gasteiger partial charge < -0.3 is 9.88 Å². The Hall–Kier alpha value is -2.54. The first-order chi connectivity index (χ1) is 12.0. The van der Waals surface area contributed by atoms with Crippen molar-refractivity contribution >= 4 is 5.91 Å². The molecule has 0 radical (unpaired) electrons. The molecule has 1 fully saturated rings. The predicted molar refractivity (Wildman–Crippen MR) is 89.3 cm³/mol. The van der Waals surface area contributed by atoms with Crippen LogP contribution >= 0.6 is 0 Å². The van der Waals surface area contributed by atoms with Crippen LogP contribution in [0.2, 0.25) is 0 Å². The number of benzene rings is 1. The van der Waals surface area contributed by atoms with Crippen LogP contribution in [0, 0.1) is 11.6 Å².